The lowest BCUT2D eigenvalue weighted by atomic mass is 10.1. The number of benzene rings is 1. The third kappa shape index (κ3) is 3.60. The lowest BCUT2D eigenvalue weighted by molar-refractivity contribution is 0.0280. The molecule has 6 heteroatoms. The summed E-state index contributed by atoms with van der Waals surface area (Å²) in [4.78, 5) is 6.81. The molecule has 0 amide bonds. The molecule has 5 nitrogen and oxygen atoms in total. The Morgan fingerprint density at radius 1 is 1.38 bits per heavy atom. The Morgan fingerprint density at radius 3 is 2.92 bits per heavy atom. The van der Waals surface area contributed by atoms with Crippen molar-refractivity contribution in [2.75, 3.05) is 27.3 Å². The maximum atomic E-state index is 14.2. The van der Waals surface area contributed by atoms with Crippen LogP contribution in [0.2, 0.25) is 0 Å². The summed E-state index contributed by atoms with van der Waals surface area (Å²) in [5.74, 6) is 1.10. The molecule has 1 aliphatic rings. The molecule has 0 saturated carbocycles. The van der Waals surface area contributed by atoms with E-state index in [4.69, 9.17) is 13.9 Å². The molecule has 0 N–H and O–H groups in total. The number of halogens is 1. The lowest BCUT2D eigenvalue weighted by Gasteiger charge is -2.31. The number of ether oxygens (including phenoxy) is 2. The second-order valence-corrected chi connectivity index (χ2v) is 6.10. The summed E-state index contributed by atoms with van der Waals surface area (Å²) < 4.78 is 30.4. The Kier molecular flexibility index (Phi) is 5.16. The second-order valence-electron chi connectivity index (χ2n) is 6.10. The van der Waals surface area contributed by atoms with E-state index in [9.17, 15) is 4.39 Å². The Morgan fingerprint density at radius 2 is 2.21 bits per heavy atom. The fourth-order valence-electron chi connectivity index (χ4n) is 3.05. The molecule has 1 atom stereocenters. The maximum Gasteiger partial charge on any atom is 0.229 e. The van der Waals surface area contributed by atoms with Crippen molar-refractivity contribution in [3.8, 4) is 17.2 Å². The highest BCUT2D eigenvalue weighted by atomic mass is 19.1. The zero-order valence-corrected chi connectivity index (χ0v) is 14.3. The number of aromatic nitrogens is 1. The summed E-state index contributed by atoms with van der Waals surface area (Å²) in [7, 11) is 3.26. The zero-order valence-electron chi connectivity index (χ0n) is 14.3. The van der Waals surface area contributed by atoms with E-state index in [-0.39, 0.29) is 6.10 Å². The Balaban J connectivity index is 1.78. The third-order valence-electron chi connectivity index (χ3n) is 4.47. The summed E-state index contributed by atoms with van der Waals surface area (Å²) in [6.07, 6.45) is 2.46. The molecule has 1 saturated heterocycles. The number of oxazole rings is 1. The van der Waals surface area contributed by atoms with Gasteiger partial charge in [-0.25, -0.2) is 9.37 Å². The van der Waals surface area contributed by atoms with Gasteiger partial charge in [0.15, 0.2) is 0 Å². The van der Waals surface area contributed by atoms with E-state index in [1.165, 1.54) is 13.2 Å². The lowest BCUT2D eigenvalue weighted by Crippen LogP contribution is -2.38. The molecule has 2 heterocycles. The van der Waals surface area contributed by atoms with Crippen LogP contribution in [-0.4, -0.2) is 43.3 Å². The molecule has 1 aromatic heterocycles. The Hall–Kier alpha value is -1.92. The fourth-order valence-corrected chi connectivity index (χ4v) is 3.05. The molecule has 0 spiro atoms. The molecule has 1 aliphatic heterocycles. The number of piperidine rings is 1. The largest absolute Gasteiger partial charge is 0.497 e. The van der Waals surface area contributed by atoms with Gasteiger partial charge in [-0.15, -0.1) is 0 Å². The number of aryl methyl sites for hydroxylation is 1. The van der Waals surface area contributed by atoms with Gasteiger partial charge < -0.3 is 13.9 Å². The Bertz CT molecular complexity index is 702. The van der Waals surface area contributed by atoms with Crippen LogP contribution in [0.15, 0.2) is 22.6 Å². The second kappa shape index (κ2) is 7.32. The van der Waals surface area contributed by atoms with Crippen molar-refractivity contribution in [2.24, 2.45) is 0 Å². The molecule has 130 valence electrons. The molecule has 0 bridgehead atoms. The van der Waals surface area contributed by atoms with Crippen LogP contribution >= 0.6 is 0 Å². The van der Waals surface area contributed by atoms with E-state index in [0.29, 0.717) is 23.7 Å². The first-order valence-corrected chi connectivity index (χ1v) is 8.16. The van der Waals surface area contributed by atoms with Gasteiger partial charge in [-0.05, 0) is 38.4 Å². The first-order chi connectivity index (χ1) is 11.6. The van der Waals surface area contributed by atoms with Crippen molar-refractivity contribution in [1.29, 1.82) is 0 Å². The molecular formula is C18H23FN2O3. The highest BCUT2D eigenvalue weighted by Gasteiger charge is 2.22. The zero-order chi connectivity index (χ0) is 17.1. The normalized spacial score (nSPS) is 18.8. The highest BCUT2D eigenvalue weighted by Crippen LogP contribution is 2.28. The van der Waals surface area contributed by atoms with Gasteiger partial charge in [-0.3, -0.25) is 4.90 Å². The van der Waals surface area contributed by atoms with Crippen LogP contribution in [-0.2, 0) is 11.3 Å². The molecule has 0 unspecified atom stereocenters. The summed E-state index contributed by atoms with van der Waals surface area (Å²) in [5, 5.41) is 0. The third-order valence-corrected chi connectivity index (χ3v) is 4.47. The topological polar surface area (TPSA) is 47.7 Å². The van der Waals surface area contributed by atoms with Crippen LogP contribution in [0.25, 0.3) is 11.5 Å². The minimum atomic E-state index is -0.403. The number of hydrogen-bond acceptors (Lipinski definition) is 5. The SMILES string of the molecule is COc1ccc(-c2nc(CN3CCC[C@@H](OC)C3)c(C)o2)c(F)c1. The van der Waals surface area contributed by atoms with Crippen molar-refractivity contribution >= 4 is 0 Å². The van der Waals surface area contributed by atoms with Gasteiger partial charge in [0, 0.05) is 26.3 Å². The van der Waals surface area contributed by atoms with Crippen molar-refractivity contribution in [3.05, 3.63) is 35.5 Å². The van der Waals surface area contributed by atoms with Crippen LogP contribution in [0.5, 0.6) is 5.75 Å². The molecule has 3 rings (SSSR count). The molecule has 24 heavy (non-hydrogen) atoms. The molecule has 1 aromatic carbocycles. The first-order valence-electron chi connectivity index (χ1n) is 8.16. The number of likely N-dealkylation sites (tertiary alicyclic amines) is 1. The van der Waals surface area contributed by atoms with Gasteiger partial charge in [-0.1, -0.05) is 0 Å². The maximum absolute atomic E-state index is 14.2. The minimum absolute atomic E-state index is 0.268. The monoisotopic (exact) mass is 334 g/mol. The fraction of sp³-hybridized carbons (Fsp3) is 0.500. The van der Waals surface area contributed by atoms with Crippen LogP contribution < -0.4 is 4.74 Å². The summed E-state index contributed by atoms with van der Waals surface area (Å²) in [6, 6.07) is 4.67. The summed E-state index contributed by atoms with van der Waals surface area (Å²) >= 11 is 0. The smallest absolute Gasteiger partial charge is 0.229 e. The van der Waals surface area contributed by atoms with Gasteiger partial charge in [0.1, 0.15) is 17.3 Å². The first kappa shape index (κ1) is 16.9. The predicted molar refractivity (Wildman–Crippen MR) is 88.5 cm³/mol. The van der Waals surface area contributed by atoms with Crippen LogP contribution in [0.3, 0.4) is 0 Å². The van der Waals surface area contributed by atoms with E-state index in [1.807, 2.05) is 6.92 Å². The number of methoxy groups -OCH3 is 2. The average molecular weight is 334 g/mol. The van der Waals surface area contributed by atoms with Gasteiger partial charge in [0.05, 0.1) is 24.5 Å². The standard InChI is InChI=1S/C18H23FN2O3/c1-12-17(11-21-8-4-5-14(10-21)23-3)20-18(24-12)15-7-6-13(22-2)9-16(15)19/h6-7,9,14H,4-5,8,10-11H2,1-3H3/t14-/m1/s1. The molecular weight excluding hydrogens is 311 g/mol. The Labute approximate surface area is 141 Å². The number of hydrogen-bond donors (Lipinski definition) is 0. The summed E-state index contributed by atoms with van der Waals surface area (Å²) in [6.45, 7) is 4.45. The number of rotatable bonds is 5. The van der Waals surface area contributed by atoms with Crippen molar-refractivity contribution in [2.45, 2.75) is 32.4 Å². The van der Waals surface area contributed by atoms with Gasteiger partial charge >= 0.3 is 0 Å². The number of nitrogens with zero attached hydrogens (tertiary/aromatic N) is 2. The van der Waals surface area contributed by atoms with E-state index < -0.39 is 5.82 Å². The van der Waals surface area contributed by atoms with Crippen LogP contribution in [0.4, 0.5) is 4.39 Å². The summed E-state index contributed by atoms with van der Waals surface area (Å²) in [5.41, 5.74) is 1.19. The molecule has 0 aliphatic carbocycles. The molecule has 0 radical (unpaired) electrons. The quantitative estimate of drug-likeness (QED) is 0.838. The van der Waals surface area contributed by atoms with Gasteiger partial charge in [0.25, 0.3) is 0 Å². The van der Waals surface area contributed by atoms with E-state index >= 15 is 0 Å². The average Bonchev–Trinajstić information content (AvgIpc) is 2.95. The molecule has 1 fully saturated rings. The van der Waals surface area contributed by atoms with Crippen LogP contribution in [0.1, 0.15) is 24.3 Å². The van der Waals surface area contributed by atoms with Gasteiger partial charge in [-0.2, -0.15) is 0 Å². The van der Waals surface area contributed by atoms with Crippen molar-refractivity contribution < 1.29 is 18.3 Å². The highest BCUT2D eigenvalue weighted by molar-refractivity contribution is 5.56. The predicted octanol–water partition coefficient (Wildman–Crippen LogP) is 3.41. The van der Waals surface area contributed by atoms with Gasteiger partial charge in [0.2, 0.25) is 5.89 Å². The van der Waals surface area contributed by atoms with E-state index in [1.54, 1.807) is 19.2 Å². The van der Waals surface area contributed by atoms with Crippen molar-refractivity contribution in [1.82, 2.24) is 9.88 Å². The minimum Gasteiger partial charge on any atom is -0.497 e. The van der Waals surface area contributed by atoms with Crippen molar-refractivity contribution in [3.63, 3.8) is 0 Å². The van der Waals surface area contributed by atoms with Crippen LogP contribution in [0, 0.1) is 12.7 Å². The molecule has 2 aromatic rings. The van der Waals surface area contributed by atoms with E-state index in [2.05, 4.69) is 9.88 Å². The van der Waals surface area contributed by atoms with E-state index in [0.717, 1.165) is 37.4 Å².